The van der Waals surface area contributed by atoms with Gasteiger partial charge in [-0.25, -0.2) is 8.78 Å². The van der Waals surface area contributed by atoms with E-state index in [0.717, 1.165) is 31.6 Å². The van der Waals surface area contributed by atoms with Gasteiger partial charge in [-0.3, -0.25) is 4.79 Å². The molecule has 1 N–H and O–H groups in total. The van der Waals surface area contributed by atoms with Crippen molar-refractivity contribution in [3.63, 3.8) is 0 Å². The van der Waals surface area contributed by atoms with Crippen molar-refractivity contribution < 1.29 is 23.0 Å². The van der Waals surface area contributed by atoms with Gasteiger partial charge in [0.2, 0.25) is 0 Å². The minimum absolute atomic E-state index is 0.0693. The van der Waals surface area contributed by atoms with Crippen LogP contribution < -0.4 is 10.1 Å². The molecule has 1 unspecified atom stereocenters. The average molecular weight is 333 g/mol. The third-order valence-corrected chi connectivity index (χ3v) is 3.76. The second-order valence-corrected chi connectivity index (χ2v) is 5.55. The summed E-state index contributed by atoms with van der Waals surface area (Å²) in [6.45, 7) is 1.25. The zero-order chi connectivity index (χ0) is 16.9. The van der Waals surface area contributed by atoms with Gasteiger partial charge in [-0.2, -0.15) is 0 Å². The molecule has 0 saturated carbocycles. The molecule has 126 valence electrons. The van der Waals surface area contributed by atoms with Crippen LogP contribution in [-0.4, -0.2) is 25.2 Å². The first-order valence-electron chi connectivity index (χ1n) is 7.73. The maximum atomic E-state index is 13.6. The van der Waals surface area contributed by atoms with Crippen LogP contribution in [0.1, 0.15) is 23.2 Å². The Hall–Kier alpha value is -2.47. The Labute approximate surface area is 138 Å². The highest BCUT2D eigenvalue weighted by Gasteiger charge is 2.16. The summed E-state index contributed by atoms with van der Waals surface area (Å²) in [6, 6.07) is 9.50. The van der Waals surface area contributed by atoms with Crippen molar-refractivity contribution in [3.8, 4) is 5.75 Å². The number of amides is 1. The summed E-state index contributed by atoms with van der Waals surface area (Å²) in [4.78, 5) is 12.1. The lowest BCUT2D eigenvalue weighted by atomic mass is 10.2. The molecule has 0 spiro atoms. The lowest BCUT2D eigenvalue weighted by molar-refractivity contribution is 0.0679. The van der Waals surface area contributed by atoms with Gasteiger partial charge >= 0.3 is 0 Å². The van der Waals surface area contributed by atoms with Crippen molar-refractivity contribution in [2.75, 3.05) is 18.5 Å². The van der Waals surface area contributed by atoms with Gasteiger partial charge in [-0.15, -0.1) is 0 Å². The van der Waals surface area contributed by atoms with Crippen molar-refractivity contribution in [2.45, 2.75) is 18.9 Å². The lowest BCUT2D eigenvalue weighted by Crippen LogP contribution is -2.16. The van der Waals surface area contributed by atoms with Gasteiger partial charge in [0.15, 0.2) is 0 Å². The highest BCUT2D eigenvalue weighted by atomic mass is 19.1. The van der Waals surface area contributed by atoms with E-state index in [0.29, 0.717) is 17.9 Å². The number of halogens is 2. The van der Waals surface area contributed by atoms with E-state index in [1.807, 2.05) is 0 Å². The van der Waals surface area contributed by atoms with Crippen LogP contribution in [0.2, 0.25) is 0 Å². The third-order valence-electron chi connectivity index (χ3n) is 3.76. The number of ether oxygens (including phenoxy) is 2. The number of benzene rings is 2. The molecule has 3 rings (SSSR count). The molecule has 0 aliphatic carbocycles. The summed E-state index contributed by atoms with van der Waals surface area (Å²) in [5.41, 5.74) is 0.281. The largest absolute Gasteiger partial charge is 0.491 e. The quantitative estimate of drug-likeness (QED) is 0.906. The predicted octanol–water partition coefficient (Wildman–Crippen LogP) is 3.77. The molecule has 24 heavy (non-hydrogen) atoms. The van der Waals surface area contributed by atoms with E-state index in [1.54, 1.807) is 24.3 Å². The van der Waals surface area contributed by atoms with Crippen LogP contribution in [0.5, 0.6) is 5.75 Å². The summed E-state index contributed by atoms with van der Waals surface area (Å²) in [6.07, 6.45) is 2.16. The fraction of sp³-hybridized carbons (Fsp3) is 0.278. The van der Waals surface area contributed by atoms with Crippen LogP contribution in [0.4, 0.5) is 14.5 Å². The highest BCUT2D eigenvalue weighted by Crippen LogP contribution is 2.19. The first kappa shape index (κ1) is 16.4. The Morgan fingerprint density at radius 3 is 2.67 bits per heavy atom. The van der Waals surface area contributed by atoms with E-state index in [2.05, 4.69) is 5.32 Å². The number of hydrogen-bond acceptors (Lipinski definition) is 3. The molecule has 1 saturated heterocycles. The summed E-state index contributed by atoms with van der Waals surface area (Å²) < 4.78 is 37.5. The van der Waals surface area contributed by atoms with Gasteiger partial charge < -0.3 is 14.8 Å². The number of anilines is 1. The van der Waals surface area contributed by atoms with E-state index in [9.17, 15) is 13.6 Å². The molecule has 2 aromatic carbocycles. The number of carbonyl (C=O) groups excluding carboxylic acids is 1. The Morgan fingerprint density at radius 2 is 2.00 bits per heavy atom. The van der Waals surface area contributed by atoms with Gasteiger partial charge in [-0.05, 0) is 49.2 Å². The summed E-state index contributed by atoms with van der Waals surface area (Å²) in [5.74, 6) is -1.36. The Bertz CT molecular complexity index is 713. The van der Waals surface area contributed by atoms with E-state index in [-0.39, 0.29) is 11.8 Å². The Morgan fingerprint density at radius 1 is 1.21 bits per heavy atom. The van der Waals surface area contributed by atoms with Gasteiger partial charge in [-0.1, -0.05) is 0 Å². The molecule has 1 atom stereocenters. The summed E-state index contributed by atoms with van der Waals surface area (Å²) in [5, 5.41) is 2.41. The lowest BCUT2D eigenvalue weighted by Gasteiger charge is -2.12. The topological polar surface area (TPSA) is 47.6 Å². The maximum absolute atomic E-state index is 13.6. The number of carbonyl (C=O) groups is 1. The van der Waals surface area contributed by atoms with Crippen molar-refractivity contribution >= 4 is 11.6 Å². The molecule has 1 amide bonds. The fourth-order valence-corrected chi connectivity index (χ4v) is 2.45. The van der Waals surface area contributed by atoms with E-state index >= 15 is 0 Å². The average Bonchev–Trinajstić information content (AvgIpc) is 3.09. The number of rotatable bonds is 5. The third kappa shape index (κ3) is 4.08. The molecular formula is C18H17F2NO3. The predicted molar refractivity (Wildman–Crippen MR) is 85.2 cm³/mol. The molecule has 0 radical (unpaired) electrons. The van der Waals surface area contributed by atoms with Crippen molar-refractivity contribution in [2.24, 2.45) is 0 Å². The monoisotopic (exact) mass is 333 g/mol. The first-order valence-corrected chi connectivity index (χ1v) is 7.73. The van der Waals surface area contributed by atoms with Gasteiger partial charge in [0, 0.05) is 18.2 Å². The molecule has 1 aliphatic heterocycles. The zero-order valence-corrected chi connectivity index (χ0v) is 12.9. The van der Waals surface area contributed by atoms with Crippen LogP contribution in [0, 0.1) is 11.6 Å². The minimum Gasteiger partial charge on any atom is -0.491 e. The van der Waals surface area contributed by atoms with Gasteiger partial charge in [0.05, 0.1) is 11.8 Å². The maximum Gasteiger partial charge on any atom is 0.255 e. The molecule has 0 bridgehead atoms. The van der Waals surface area contributed by atoms with Crippen molar-refractivity contribution in [1.82, 2.24) is 0 Å². The molecular weight excluding hydrogens is 316 g/mol. The fourth-order valence-electron chi connectivity index (χ4n) is 2.45. The van der Waals surface area contributed by atoms with Crippen molar-refractivity contribution in [3.05, 3.63) is 59.7 Å². The molecule has 1 heterocycles. The standard InChI is InChI=1S/C18H17F2NO3/c19-13-5-8-17(16(20)10-13)21-18(22)12-3-6-14(7-4-12)24-11-15-2-1-9-23-15/h3-8,10,15H,1-2,9,11H2,(H,21,22). The van der Waals surface area contributed by atoms with E-state index in [1.165, 1.54) is 6.07 Å². The van der Waals surface area contributed by atoms with Crippen molar-refractivity contribution in [1.29, 1.82) is 0 Å². The molecule has 2 aromatic rings. The first-order chi connectivity index (χ1) is 11.6. The Balaban J connectivity index is 1.58. The molecule has 6 heteroatoms. The highest BCUT2D eigenvalue weighted by molar-refractivity contribution is 6.04. The number of hydrogen-bond donors (Lipinski definition) is 1. The minimum atomic E-state index is -0.820. The van der Waals surface area contributed by atoms with Gasteiger partial charge in [0.25, 0.3) is 5.91 Å². The summed E-state index contributed by atoms with van der Waals surface area (Å²) in [7, 11) is 0. The van der Waals surface area contributed by atoms with Crippen LogP contribution >= 0.6 is 0 Å². The van der Waals surface area contributed by atoms with E-state index in [4.69, 9.17) is 9.47 Å². The van der Waals surface area contributed by atoms with Crippen LogP contribution in [0.15, 0.2) is 42.5 Å². The molecule has 1 aliphatic rings. The molecule has 0 aromatic heterocycles. The number of nitrogens with one attached hydrogen (secondary N) is 1. The normalized spacial score (nSPS) is 16.8. The van der Waals surface area contributed by atoms with Crippen LogP contribution in [0.3, 0.4) is 0 Å². The summed E-state index contributed by atoms with van der Waals surface area (Å²) >= 11 is 0. The Kier molecular flexibility index (Phi) is 5.05. The molecule has 4 nitrogen and oxygen atoms in total. The SMILES string of the molecule is O=C(Nc1ccc(F)cc1F)c1ccc(OCC2CCCO2)cc1. The zero-order valence-electron chi connectivity index (χ0n) is 12.9. The van der Waals surface area contributed by atoms with E-state index < -0.39 is 17.5 Å². The second-order valence-electron chi connectivity index (χ2n) is 5.55. The van der Waals surface area contributed by atoms with Crippen LogP contribution in [0.25, 0.3) is 0 Å². The second kappa shape index (κ2) is 7.40. The van der Waals surface area contributed by atoms with Crippen LogP contribution in [-0.2, 0) is 4.74 Å². The van der Waals surface area contributed by atoms with Gasteiger partial charge in [0.1, 0.15) is 24.0 Å². The smallest absolute Gasteiger partial charge is 0.255 e. The molecule has 1 fully saturated rings.